The van der Waals surface area contributed by atoms with Crippen molar-refractivity contribution in [2.24, 2.45) is 15.9 Å². The van der Waals surface area contributed by atoms with E-state index >= 15 is 0 Å². The number of hydrogen-bond acceptors (Lipinski definition) is 7. The van der Waals surface area contributed by atoms with E-state index in [2.05, 4.69) is 15.2 Å². The zero-order chi connectivity index (χ0) is 22.8. The molecule has 0 aliphatic carbocycles. The van der Waals surface area contributed by atoms with E-state index in [1.807, 2.05) is 30.3 Å². The zero-order valence-electron chi connectivity index (χ0n) is 17.3. The topological polar surface area (TPSA) is 99.2 Å². The number of esters is 1. The summed E-state index contributed by atoms with van der Waals surface area (Å²) in [7, 11) is 0. The number of aromatic nitrogens is 1. The summed E-state index contributed by atoms with van der Waals surface area (Å²) in [5.41, 5.74) is 8.12. The molecule has 2 N–H and O–H groups in total. The van der Waals surface area contributed by atoms with E-state index < -0.39 is 5.97 Å². The fourth-order valence-electron chi connectivity index (χ4n) is 2.51. The van der Waals surface area contributed by atoms with Gasteiger partial charge in [0.25, 0.3) is 0 Å². The summed E-state index contributed by atoms with van der Waals surface area (Å²) in [6, 6.07) is 18.1. The third kappa shape index (κ3) is 7.11. The number of carbonyl (C=O) groups excluding carboxylic acids is 1. The monoisotopic (exact) mass is 468 g/mol. The van der Waals surface area contributed by atoms with Crippen LogP contribution in [0.1, 0.15) is 28.4 Å². The molecule has 164 valence electrons. The highest BCUT2D eigenvalue weighted by atomic mass is 35.5. The number of hydrogen-bond donors (Lipinski definition) is 1. The molecule has 0 aliphatic heterocycles. The molecule has 3 rings (SSSR count). The molecule has 1 heterocycles. The Bertz CT molecular complexity index is 1120. The minimum Gasteiger partial charge on any atom is -0.462 e. The maximum Gasteiger partial charge on any atom is 0.338 e. The molecule has 0 unspecified atom stereocenters. The van der Waals surface area contributed by atoms with Crippen LogP contribution in [0.5, 0.6) is 11.6 Å². The molecule has 0 saturated carbocycles. The maximum atomic E-state index is 11.9. The molecular formula is C23H21ClN4O3S. The van der Waals surface area contributed by atoms with Gasteiger partial charge in [-0.1, -0.05) is 53.7 Å². The Balaban J connectivity index is 1.60. The molecule has 0 fully saturated rings. The third-order valence-corrected chi connectivity index (χ3v) is 5.16. The Morgan fingerprint density at radius 1 is 1.19 bits per heavy atom. The minimum atomic E-state index is -0.445. The van der Waals surface area contributed by atoms with Crippen LogP contribution >= 0.6 is 23.4 Å². The number of rotatable bonds is 8. The van der Waals surface area contributed by atoms with E-state index in [4.69, 9.17) is 26.8 Å². The predicted molar refractivity (Wildman–Crippen MR) is 129 cm³/mol. The van der Waals surface area contributed by atoms with Crippen molar-refractivity contribution in [2.75, 3.05) is 6.61 Å². The molecule has 0 bridgehead atoms. The summed E-state index contributed by atoms with van der Waals surface area (Å²) in [5, 5.41) is 8.72. The summed E-state index contributed by atoms with van der Waals surface area (Å²) >= 11 is 7.73. The fraction of sp³-hybridized carbons (Fsp3) is 0.130. The molecule has 2 aromatic carbocycles. The Hall–Kier alpha value is -3.36. The number of benzene rings is 2. The van der Waals surface area contributed by atoms with Crippen molar-refractivity contribution < 1.29 is 14.3 Å². The lowest BCUT2D eigenvalue weighted by molar-refractivity contribution is 0.0526. The van der Waals surface area contributed by atoms with Crippen LogP contribution in [0.15, 0.2) is 77.1 Å². The SMILES string of the molecule is CCOC(=O)c1ccnc(Oc2ccc(C=NN=C(N)SCc3ccccc3)cc2Cl)c1. The number of amidine groups is 1. The first kappa shape index (κ1) is 23.3. The first-order valence-electron chi connectivity index (χ1n) is 9.69. The second-order valence-corrected chi connectivity index (χ2v) is 7.76. The van der Waals surface area contributed by atoms with Crippen LogP contribution in [-0.4, -0.2) is 28.9 Å². The number of nitrogens with two attached hydrogens (primary N) is 1. The van der Waals surface area contributed by atoms with E-state index in [0.29, 0.717) is 21.5 Å². The molecule has 7 nitrogen and oxygen atoms in total. The molecular weight excluding hydrogens is 448 g/mol. The van der Waals surface area contributed by atoms with Gasteiger partial charge in [-0.15, -0.1) is 5.10 Å². The van der Waals surface area contributed by atoms with Gasteiger partial charge < -0.3 is 15.2 Å². The van der Waals surface area contributed by atoms with Crippen LogP contribution in [0.4, 0.5) is 0 Å². The number of thioether (sulfide) groups is 1. The largest absolute Gasteiger partial charge is 0.462 e. The van der Waals surface area contributed by atoms with Gasteiger partial charge in [0.05, 0.1) is 23.4 Å². The van der Waals surface area contributed by atoms with Gasteiger partial charge in [0.15, 0.2) is 5.17 Å². The minimum absolute atomic E-state index is 0.228. The Labute approximate surface area is 195 Å². The Kier molecular flexibility index (Phi) is 8.65. The Morgan fingerprint density at radius 2 is 2.00 bits per heavy atom. The summed E-state index contributed by atoms with van der Waals surface area (Å²) in [6.45, 7) is 2.03. The van der Waals surface area contributed by atoms with E-state index in [9.17, 15) is 4.79 Å². The molecule has 1 aromatic heterocycles. The molecule has 3 aromatic rings. The fourth-order valence-corrected chi connectivity index (χ4v) is 3.35. The molecule has 32 heavy (non-hydrogen) atoms. The Morgan fingerprint density at radius 3 is 2.75 bits per heavy atom. The van der Waals surface area contributed by atoms with Gasteiger partial charge in [0, 0.05) is 18.0 Å². The van der Waals surface area contributed by atoms with Crippen LogP contribution in [0.25, 0.3) is 0 Å². The summed E-state index contributed by atoms with van der Waals surface area (Å²) in [6.07, 6.45) is 3.01. The van der Waals surface area contributed by atoms with Crippen LogP contribution in [-0.2, 0) is 10.5 Å². The molecule has 0 radical (unpaired) electrons. The van der Waals surface area contributed by atoms with Crippen molar-refractivity contribution in [2.45, 2.75) is 12.7 Å². The van der Waals surface area contributed by atoms with E-state index in [1.165, 1.54) is 24.0 Å². The third-order valence-electron chi connectivity index (χ3n) is 4.01. The van der Waals surface area contributed by atoms with Crippen LogP contribution < -0.4 is 10.5 Å². The van der Waals surface area contributed by atoms with E-state index in [-0.39, 0.29) is 12.5 Å². The zero-order valence-corrected chi connectivity index (χ0v) is 18.8. The van der Waals surface area contributed by atoms with Crippen LogP contribution in [0, 0.1) is 0 Å². The van der Waals surface area contributed by atoms with Gasteiger partial charge in [-0.25, -0.2) is 9.78 Å². The highest BCUT2D eigenvalue weighted by molar-refractivity contribution is 8.13. The average molecular weight is 469 g/mol. The lowest BCUT2D eigenvalue weighted by Gasteiger charge is -2.08. The first-order valence-corrected chi connectivity index (χ1v) is 11.1. The molecule has 0 aliphatic rings. The molecule has 9 heteroatoms. The van der Waals surface area contributed by atoms with Crippen LogP contribution in [0.3, 0.4) is 0 Å². The number of pyridine rings is 1. The lowest BCUT2D eigenvalue weighted by atomic mass is 10.2. The predicted octanol–water partition coefficient (Wildman–Crippen LogP) is 5.29. The van der Waals surface area contributed by atoms with E-state index in [0.717, 1.165) is 16.9 Å². The second-order valence-electron chi connectivity index (χ2n) is 6.35. The molecule has 0 spiro atoms. The number of halogens is 1. The second kappa shape index (κ2) is 11.9. The van der Waals surface area contributed by atoms with Crippen molar-refractivity contribution >= 4 is 40.7 Å². The molecule has 0 atom stereocenters. The molecule has 0 saturated heterocycles. The van der Waals surface area contributed by atoms with Crippen molar-refractivity contribution in [1.82, 2.24) is 4.98 Å². The van der Waals surface area contributed by atoms with Crippen molar-refractivity contribution in [1.29, 1.82) is 0 Å². The standard InChI is InChI=1S/C23H21ClN4O3S/c1-2-30-22(29)18-10-11-26-21(13-18)31-20-9-8-17(12-19(20)24)14-27-28-23(25)32-15-16-6-4-3-5-7-16/h3-14H,2,15H2,1H3,(H2,25,28). The first-order chi connectivity index (χ1) is 15.5. The van der Waals surface area contributed by atoms with Crippen molar-refractivity contribution in [3.63, 3.8) is 0 Å². The normalized spacial score (nSPS) is 11.5. The lowest BCUT2D eigenvalue weighted by Crippen LogP contribution is -2.06. The quantitative estimate of drug-likeness (QED) is 0.209. The van der Waals surface area contributed by atoms with Gasteiger partial charge in [-0.05, 0) is 42.3 Å². The van der Waals surface area contributed by atoms with Crippen molar-refractivity contribution in [3.05, 3.63) is 88.6 Å². The smallest absolute Gasteiger partial charge is 0.338 e. The van der Waals surface area contributed by atoms with E-state index in [1.54, 1.807) is 37.4 Å². The maximum absolute atomic E-state index is 11.9. The number of carbonyl (C=O) groups is 1. The number of ether oxygens (including phenoxy) is 2. The van der Waals surface area contributed by atoms with Gasteiger partial charge in [0.1, 0.15) is 5.75 Å². The van der Waals surface area contributed by atoms with Gasteiger partial charge in [-0.2, -0.15) is 5.10 Å². The number of nitrogens with zero attached hydrogens (tertiary/aromatic N) is 3. The highest BCUT2D eigenvalue weighted by Crippen LogP contribution is 2.29. The van der Waals surface area contributed by atoms with Gasteiger partial charge in [-0.3, -0.25) is 0 Å². The van der Waals surface area contributed by atoms with Crippen molar-refractivity contribution in [3.8, 4) is 11.6 Å². The van der Waals surface area contributed by atoms with Gasteiger partial charge >= 0.3 is 5.97 Å². The van der Waals surface area contributed by atoms with Crippen LogP contribution in [0.2, 0.25) is 5.02 Å². The van der Waals surface area contributed by atoms with Gasteiger partial charge in [0.2, 0.25) is 5.88 Å². The molecule has 0 amide bonds. The summed E-state index contributed by atoms with van der Waals surface area (Å²) < 4.78 is 10.7. The average Bonchev–Trinajstić information content (AvgIpc) is 2.80. The highest BCUT2D eigenvalue weighted by Gasteiger charge is 2.10. The summed E-state index contributed by atoms with van der Waals surface area (Å²) in [5.74, 6) is 0.888. The summed E-state index contributed by atoms with van der Waals surface area (Å²) in [4.78, 5) is 16.0.